The molecular weight excluding hydrogens is 242 g/mol. The maximum Gasteiger partial charge on any atom is 0.262 e. The average molecular weight is 259 g/mol. The molecule has 5 heteroatoms. The highest BCUT2D eigenvalue weighted by Gasteiger charge is 2.15. The van der Waals surface area contributed by atoms with E-state index in [9.17, 15) is 4.79 Å². The minimum atomic E-state index is -0.112. The summed E-state index contributed by atoms with van der Waals surface area (Å²) >= 11 is 0. The van der Waals surface area contributed by atoms with Crippen LogP contribution in [0.5, 0.6) is 5.75 Å². The number of nitrogens with one attached hydrogen (secondary N) is 2. The number of nitrogens with zero attached hydrogens (tertiary/aromatic N) is 1. The van der Waals surface area contributed by atoms with Crippen LogP contribution >= 0.6 is 0 Å². The van der Waals surface area contributed by atoms with Crippen molar-refractivity contribution in [1.82, 2.24) is 5.32 Å². The molecule has 100 valence electrons. The maximum atomic E-state index is 11.2. The first kappa shape index (κ1) is 13.4. The molecule has 0 saturated heterocycles. The van der Waals surface area contributed by atoms with Gasteiger partial charge in [-0.15, -0.1) is 0 Å². The van der Waals surface area contributed by atoms with Crippen LogP contribution in [-0.2, 0) is 11.2 Å². The Labute approximate surface area is 112 Å². The molecule has 2 N–H and O–H groups in total. The highest BCUT2D eigenvalue weighted by molar-refractivity contribution is 5.95. The van der Waals surface area contributed by atoms with Crippen LogP contribution in [0.1, 0.15) is 18.4 Å². The number of carbonyl (C=O) groups is 1. The third-order valence-electron chi connectivity index (χ3n) is 2.91. The van der Waals surface area contributed by atoms with Crippen molar-refractivity contribution >= 4 is 11.6 Å². The van der Waals surface area contributed by atoms with E-state index >= 15 is 0 Å². The number of hydrogen-bond acceptors (Lipinski definition) is 4. The number of ether oxygens (including phenoxy) is 1. The lowest BCUT2D eigenvalue weighted by Crippen LogP contribution is -2.25. The molecule has 1 aliphatic rings. The molecule has 1 aliphatic heterocycles. The van der Waals surface area contributed by atoms with E-state index in [1.165, 1.54) is 0 Å². The van der Waals surface area contributed by atoms with Crippen LogP contribution in [0.25, 0.3) is 0 Å². The molecule has 0 saturated carbocycles. The number of fused-ring (bicyclic) bond motifs is 1. The van der Waals surface area contributed by atoms with Crippen molar-refractivity contribution in [2.75, 3.05) is 25.0 Å². The van der Waals surface area contributed by atoms with Gasteiger partial charge in [-0.3, -0.25) is 4.79 Å². The molecule has 0 atom stereocenters. The first-order valence-electron chi connectivity index (χ1n) is 6.43. The molecule has 1 aromatic rings. The molecule has 0 spiro atoms. The predicted molar refractivity (Wildman–Crippen MR) is 72.0 cm³/mol. The summed E-state index contributed by atoms with van der Waals surface area (Å²) in [5, 5.41) is 14.5. The highest BCUT2D eigenvalue weighted by atomic mass is 16.5. The zero-order valence-electron chi connectivity index (χ0n) is 10.7. The maximum absolute atomic E-state index is 11.2. The number of amides is 1. The second-order valence-electron chi connectivity index (χ2n) is 4.43. The molecule has 0 bridgehead atoms. The van der Waals surface area contributed by atoms with Gasteiger partial charge in [0.2, 0.25) is 0 Å². The van der Waals surface area contributed by atoms with Crippen molar-refractivity contribution in [3.63, 3.8) is 0 Å². The minimum Gasteiger partial charge on any atom is -0.482 e. The van der Waals surface area contributed by atoms with E-state index in [1.54, 1.807) is 0 Å². The SMILES string of the molecule is N#CCCCNCCc1ccc2c(c1)NC(=O)CO2. The number of hydrogen-bond donors (Lipinski definition) is 2. The van der Waals surface area contributed by atoms with Crippen molar-refractivity contribution in [3.8, 4) is 11.8 Å². The lowest BCUT2D eigenvalue weighted by Gasteiger charge is -2.18. The lowest BCUT2D eigenvalue weighted by atomic mass is 10.1. The van der Waals surface area contributed by atoms with Crippen LogP contribution in [-0.4, -0.2) is 25.6 Å². The van der Waals surface area contributed by atoms with Crippen molar-refractivity contribution in [2.45, 2.75) is 19.3 Å². The summed E-state index contributed by atoms with van der Waals surface area (Å²) in [7, 11) is 0. The van der Waals surface area contributed by atoms with E-state index in [1.807, 2.05) is 18.2 Å². The smallest absolute Gasteiger partial charge is 0.262 e. The molecule has 5 nitrogen and oxygen atoms in total. The number of nitriles is 1. The van der Waals surface area contributed by atoms with Crippen molar-refractivity contribution < 1.29 is 9.53 Å². The van der Waals surface area contributed by atoms with E-state index < -0.39 is 0 Å². The van der Waals surface area contributed by atoms with E-state index in [-0.39, 0.29) is 12.5 Å². The first-order chi connectivity index (χ1) is 9.29. The fraction of sp³-hybridized carbons (Fsp3) is 0.429. The van der Waals surface area contributed by atoms with Gasteiger partial charge in [-0.05, 0) is 43.6 Å². The van der Waals surface area contributed by atoms with Crippen LogP contribution in [0.3, 0.4) is 0 Å². The van der Waals surface area contributed by atoms with Gasteiger partial charge >= 0.3 is 0 Å². The standard InChI is InChI=1S/C14H17N3O2/c15-6-1-2-7-16-8-5-11-3-4-13-12(9-11)17-14(18)10-19-13/h3-4,9,16H,1-2,5,7-8,10H2,(H,17,18). The van der Waals surface area contributed by atoms with Crippen LogP contribution < -0.4 is 15.4 Å². The van der Waals surface area contributed by atoms with Crippen molar-refractivity contribution in [2.24, 2.45) is 0 Å². The zero-order chi connectivity index (χ0) is 13.5. The molecule has 0 aliphatic carbocycles. The molecule has 0 unspecified atom stereocenters. The van der Waals surface area contributed by atoms with Gasteiger partial charge in [0.15, 0.2) is 6.61 Å². The zero-order valence-corrected chi connectivity index (χ0v) is 10.7. The number of benzene rings is 1. The molecular formula is C14H17N3O2. The Bertz CT molecular complexity index is 494. The second kappa shape index (κ2) is 6.76. The fourth-order valence-corrected chi connectivity index (χ4v) is 1.94. The van der Waals surface area contributed by atoms with E-state index in [0.29, 0.717) is 6.42 Å². The summed E-state index contributed by atoms with van der Waals surface area (Å²) in [4.78, 5) is 11.2. The molecule has 1 aromatic carbocycles. The van der Waals surface area contributed by atoms with Crippen LogP contribution in [0.2, 0.25) is 0 Å². The Balaban J connectivity index is 1.80. The summed E-state index contributed by atoms with van der Waals surface area (Å²) in [6.07, 6.45) is 2.36. The minimum absolute atomic E-state index is 0.0901. The van der Waals surface area contributed by atoms with Crippen LogP contribution in [0.4, 0.5) is 5.69 Å². The van der Waals surface area contributed by atoms with Gasteiger partial charge < -0.3 is 15.4 Å². The van der Waals surface area contributed by atoms with E-state index in [4.69, 9.17) is 10.00 Å². The molecule has 19 heavy (non-hydrogen) atoms. The summed E-state index contributed by atoms with van der Waals surface area (Å²) in [6, 6.07) is 7.96. The molecule has 0 aromatic heterocycles. The number of anilines is 1. The normalized spacial score (nSPS) is 13.1. The first-order valence-corrected chi connectivity index (χ1v) is 6.43. The fourth-order valence-electron chi connectivity index (χ4n) is 1.94. The summed E-state index contributed by atoms with van der Waals surface area (Å²) in [5.41, 5.74) is 1.90. The Morgan fingerprint density at radius 3 is 3.16 bits per heavy atom. The van der Waals surface area contributed by atoms with Gasteiger partial charge in [-0.25, -0.2) is 0 Å². The number of carbonyl (C=O) groups excluding carboxylic acids is 1. The molecule has 0 radical (unpaired) electrons. The molecule has 1 heterocycles. The Morgan fingerprint density at radius 2 is 2.32 bits per heavy atom. The highest BCUT2D eigenvalue weighted by Crippen LogP contribution is 2.28. The van der Waals surface area contributed by atoms with Gasteiger partial charge in [-0.1, -0.05) is 6.07 Å². The number of unbranched alkanes of at least 4 members (excludes halogenated alkanes) is 1. The Hall–Kier alpha value is -2.06. The van der Waals surface area contributed by atoms with E-state index in [2.05, 4.69) is 16.7 Å². The number of rotatable bonds is 6. The van der Waals surface area contributed by atoms with Gasteiger partial charge in [-0.2, -0.15) is 5.26 Å². The molecule has 1 amide bonds. The second-order valence-corrected chi connectivity index (χ2v) is 4.43. The van der Waals surface area contributed by atoms with Crippen molar-refractivity contribution in [1.29, 1.82) is 5.26 Å². The Kier molecular flexibility index (Phi) is 4.76. The Morgan fingerprint density at radius 1 is 1.42 bits per heavy atom. The van der Waals surface area contributed by atoms with Crippen LogP contribution in [0.15, 0.2) is 18.2 Å². The quantitative estimate of drug-likeness (QED) is 0.758. The lowest BCUT2D eigenvalue weighted by molar-refractivity contribution is -0.118. The topological polar surface area (TPSA) is 74.2 Å². The predicted octanol–water partition coefficient (Wildman–Crippen LogP) is 1.45. The largest absolute Gasteiger partial charge is 0.482 e. The van der Waals surface area contributed by atoms with Crippen molar-refractivity contribution in [3.05, 3.63) is 23.8 Å². The van der Waals surface area contributed by atoms with Gasteiger partial charge in [0, 0.05) is 6.42 Å². The van der Waals surface area contributed by atoms with Gasteiger partial charge in [0.05, 0.1) is 11.8 Å². The third kappa shape index (κ3) is 3.97. The molecule has 0 fully saturated rings. The summed E-state index contributed by atoms with van der Waals surface area (Å²) < 4.78 is 5.30. The molecule has 2 rings (SSSR count). The van der Waals surface area contributed by atoms with Gasteiger partial charge in [0.25, 0.3) is 5.91 Å². The van der Waals surface area contributed by atoms with E-state index in [0.717, 1.165) is 42.9 Å². The summed E-state index contributed by atoms with van der Waals surface area (Å²) in [6.45, 7) is 1.81. The van der Waals surface area contributed by atoms with Crippen LogP contribution in [0, 0.1) is 11.3 Å². The summed E-state index contributed by atoms with van der Waals surface area (Å²) in [5.74, 6) is 0.615. The van der Waals surface area contributed by atoms with Gasteiger partial charge in [0.1, 0.15) is 5.75 Å². The average Bonchev–Trinajstić information content (AvgIpc) is 2.42. The third-order valence-corrected chi connectivity index (χ3v) is 2.91. The monoisotopic (exact) mass is 259 g/mol.